The summed E-state index contributed by atoms with van der Waals surface area (Å²) in [5.41, 5.74) is 9.03. The number of hydrogen-bond acceptors (Lipinski definition) is 2. The van der Waals surface area contributed by atoms with E-state index in [0.29, 0.717) is 0 Å². The molecule has 1 aromatic heterocycles. The number of thiocarbonyl (C=S) groups is 1. The van der Waals surface area contributed by atoms with Crippen molar-refractivity contribution in [3.63, 3.8) is 0 Å². The molecule has 23 heavy (non-hydrogen) atoms. The van der Waals surface area contributed by atoms with E-state index in [2.05, 4.69) is 12.1 Å². The van der Waals surface area contributed by atoms with E-state index in [1.54, 1.807) is 4.90 Å². The minimum atomic E-state index is 0.278. The molecule has 3 rings (SSSR count). The topological polar surface area (TPSA) is 42.1 Å². The van der Waals surface area contributed by atoms with E-state index in [1.807, 2.05) is 66.7 Å². The van der Waals surface area contributed by atoms with Gasteiger partial charge in [0.15, 0.2) is 5.11 Å². The molecule has 2 N–H and O–H groups in total. The molecule has 0 spiro atoms. The maximum absolute atomic E-state index is 5.92. The SMILES string of the molecule is NC(=S)N(c1ccccc1)c1cccc(Cc2ccccc2)n1. The minimum Gasteiger partial charge on any atom is -0.376 e. The molecule has 114 valence electrons. The van der Waals surface area contributed by atoms with E-state index in [0.717, 1.165) is 23.6 Å². The summed E-state index contributed by atoms with van der Waals surface area (Å²) in [6, 6.07) is 26.0. The van der Waals surface area contributed by atoms with Gasteiger partial charge in [-0.1, -0.05) is 54.6 Å². The Kier molecular flexibility index (Phi) is 4.64. The van der Waals surface area contributed by atoms with Crippen LogP contribution in [0.5, 0.6) is 0 Å². The molecule has 2 aromatic carbocycles. The second-order valence-corrected chi connectivity index (χ2v) is 5.58. The fraction of sp³-hybridized carbons (Fsp3) is 0.0526. The molecule has 0 aliphatic rings. The molecule has 3 nitrogen and oxygen atoms in total. The molecule has 0 saturated heterocycles. The van der Waals surface area contributed by atoms with Gasteiger partial charge in [-0.2, -0.15) is 0 Å². The molecule has 4 heteroatoms. The number of anilines is 2. The van der Waals surface area contributed by atoms with Crippen LogP contribution in [0, 0.1) is 0 Å². The Hall–Kier alpha value is -2.72. The molecule has 3 aromatic rings. The van der Waals surface area contributed by atoms with Gasteiger partial charge in [-0.3, -0.25) is 4.90 Å². The lowest BCUT2D eigenvalue weighted by Gasteiger charge is -2.22. The van der Waals surface area contributed by atoms with E-state index in [9.17, 15) is 0 Å². The largest absolute Gasteiger partial charge is 0.376 e. The van der Waals surface area contributed by atoms with Crippen molar-refractivity contribution in [1.82, 2.24) is 4.98 Å². The average Bonchev–Trinajstić information content (AvgIpc) is 2.57. The summed E-state index contributed by atoms with van der Waals surface area (Å²) in [6.45, 7) is 0. The van der Waals surface area contributed by atoms with Crippen molar-refractivity contribution in [3.8, 4) is 0 Å². The van der Waals surface area contributed by atoms with Gasteiger partial charge in [0.25, 0.3) is 0 Å². The summed E-state index contributed by atoms with van der Waals surface area (Å²) in [5.74, 6) is 0.733. The van der Waals surface area contributed by atoms with E-state index < -0.39 is 0 Å². The highest BCUT2D eigenvalue weighted by molar-refractivity contribution is 7.80. The zero-order chi connectivity index (χ0) is 16.1. The monoisotopic (exact) mass is 319 g/mol. The van der Waals surface area contributed by atoms with Crippen LogP contribution in [-0.2, 0) is 6.42 Å². The lowest BCUT2D eigenvalue weighted by Crippen LogP contribution is -2.31. The fourth-order valence-corrected chi connectivity index (χ4v) is 2.64. The highest BCUT2D eigenvalue weighted by atomic mass is 32.1. The molecule has 1 heterocycles. The van der Waals surface area contributed by atoms with E-state index in [4.69, 9.17) is 22.9 Å². The van der Waals surface area contributed by atoms with Crippen LogP contribution >= 0.6 is 12.2 Å². The lowest BCUT2D eigenvalue weighted by atomic mass is 10.1. The van der Waals surface area contributed by atoms with Gasteiger partial charge in [0.05, 0.1) is 0 Å². The van der Waals surface area contributed by atoms with Gasteiger partial charge in [-0.25, -0.2) is 4.98 Å². The van der Waals surface area contributed by atoms with Crippen molar-refractivity contribution in [2.75, 3.05) is 4.90 Å². The van der Waals surface area contributed by atoms with Crippen molar-refractivity contribution >= 4 is 28.8 Å². The highest BCUT2D eigenvalue weighted by Crippen LogP contribution is 2.23. The summed E-state index contributed by atoms with van der Waals surface area (Å²) in [4.78, 5) is 6.51. The predicted molar refractivity (Wildman–Crippen MR) is 98.9 cm³/mol. The minimum absolute atomic E-state index is 0.278. The normalized spacial score (nSPS) is 10.3. The van der Waals surface area contributed by atoms with Crippen LogP contribution < -0.4 is 10.6 Å². The number of nitrogens with two attached hydrogens (primary N) is 1. The Morgan fingerprint density at radius 1 is 0.870 bits per heavy atom. The molecule has 0 saturated carbocycles. The van der Waals surface area contributed by atoms with Crippen LogP contribution in [0.3, 0.4) is 0 Å². The van der Waals surface area contributed by atoms with Crippen molar-refractivity contribution in [1.29, 1.82) is 0 Å². The van der Waals surface area contributed by atoms with E-state index >= 15 is 0 Å². The van der Waals surface area contributed by atoms with Gasteiger partial charge in [-0.05, 0) is 42.0 Å². The summed E-state index contributed by atoms with van der Waals surface area (Å²) in [5, 5.41) is 0.278. The quantitative estimate of drug-likeness (QED) is 0.737. The summed E-state index contributed by atoms with van der Waals surface area (Å²) in [6.07, 6.45) is 0.772. The third-order valence-electron chi connectivity index (χ3n) is 3.48. The Morgan fingerprint density at radius 3 is 2.17 bits per heavy atom. The molecule has 0 bridgehead atoms. The van der Waals surface area contributed by atoms with Crippen LogP contribution in [0.15, 0.2) is 78.9 Å². The van der Waals surface area contributed by atoms with Crippen LogP contribution in [-0.4, -0.2) is 10.1 Å². The number of pyridine rings is 1. The smallest absolute Gasteiger partial charge is 0.176 e. The van der Waals surface area contributed by atoms with Gasteiger partial charge in [-0.15, -0.1) is 0 Å². The van der Waals surface area contributed by atoms with Crippen molar-refractivity contribution in [3.05, 3.63) is 90.1 Å². The van der Waals surface area contributed by atoms with Crippen LogP contribution in [0.1, 0.15) is 11.3 Å². The van der Waals surface area contributed by atoms with Crippen molar-refractivity contribution in [2.24, 2.45) is 5.73 Å². The van der Waals surface area contributed by atoms with Crippen LogP contribution in [0.4, 0.5) is 11.5 Å². The first-order chi connectivity index (χ1) is 11.2. The Labute approximate surface area is 141 Å². The number of para-hydroxylation sites is 1. The lowest BCUT2D eigenvalue weighted by molar-refractivity contribution is 1.06. The Balaban J connectivity index is 1.92. The molecule has 0 atom stereocenters. The average molecular weight is 319 g/mol. The van der Waals surface area contributed by atoms with Crippen LogP contribution in [0.2, 0.25) is 0 Å². The number of nitrogens with zero attached hydrogens (tertiary/aromatic N) is 2. The third-order valence-corrected chi connectivity index (χ3v) is 3.67. The molecule has 0 aliphatic carbocycles. The molecular formula is C19H17N3S. The van der Waals surface area contributed by atoms with Gasteiger partial charge in [0.2, 0.25) is 0 Å². The van der Waals surface area contributed by atoms with Gasteiger partial charge < -0.3 is 5.73 Å². The maximum Gasteiger partial charge on any atom is 0.176 e. The first-order valence-electron chi connectivity index (χ1n) is 7.38. The van der Waals surface area contributed by atoms with Gasteiger partial charge >= 0.3 is 0 Å². The number of benzene rings is 2. The number of rotatable bonds is 4. The van der Waals surface area contributed by atoms with Crippen molar-refractivity contribution < 1.29 is 0 Å². The maximum atomic E-state index is 5.92. The molecule has 0 radical (unpaired) electrons. The van der Waals surface area contributed by atoms with Crippen molar-refractivity contribution in [2.45, 2.75) is 6.42 Å². The van der Waals surface area contributed by atoms with Crippen LogP contribution in [0.25, 0.3) is 0 Å². The first-order valence-corrected chi connectivity index (χ1v) is 7.79. The zero-order valence-corrected chi connectivity index (χ0v) is 13.4. The molecule has 0 unspecified atom stereocenters. The van der Waals surface area contributed by atoms with E-state index in [-0.39, 0.29) is 5.11 Å². The standard InChI is InChI=1S/C19H17N3S/c20-19(23)22(17-11-5-2-6-12-17)18-13-7-10-16(21-18)14-15-8-3-1-4-9-15/h1-13H,14H2,(H2,20,23). The molecule has 0 aliphatic heterocycles. The predicted octanol–water partition coefficient (Wildman–Crippen LogP) is 4.05. The van der Waals surface area contributed by atoms with Gasteiger partial charge in [0.1, 0.15) is 5.82 Å². The Bertz CT molecular complexity index is 788. The first kappa shape index (κ1) is 15.2. The molecule has 0 amide bonds. The Morgan fingerprint density at radius 2 is 1.52 bits per heavy atom. The summed E-state index contributed by atoms with van der Waals surface area (Å²) in [7, 11) is 0. The highest BCUT2D eigenvalue weighted by Gasteiger charge is 2.13. The fourth-order valence-electron chi connectivity index (χ4n) is 2.44. The third kappa shape index (κ3) is 3.73. The second kappa shape index (κ2) is 7.03. The molecule has 0 fully saturated rings. The summed E-state index contributed by atoms with van der Waals surface area (Å²) >= 11 is 5.22. The number of aromatic nitrogens is 1. The summed E-state index contributed by atoms with van der Waals surface area (Å²) < 4.78 is 0. The zero-order valence-electron chi connectivity index (χ0n) is 12.6. The second-order valence-electron chi connectivity index (χ2n) is 5.16. The van der Waals surface area contributed by atoms with E-state index in [1.165, 1.54) is 5.56 Å². The van der Waals surface area contributed by atoms with Gasteiger partial charge in [0, 0.05) is 17.8 Å². The number of hydrogen-bond donors (Lipinski definition) is 1. The molecular weight excluding hydrogens is 302 g/mol.